The number of nitrogens with zero attached hydrogens (tertiary/aromatic N) is 1. The van der Waals surface area contributed by atoms with E-state index in [0.717, 1.165) is 18.4 Å². The average molecular weight is 315 g/mol. The van der Waals surface area contributed by atoms with Crippen molar-refractivity contribution >= 4 is 28.3 Å². The minimum atomic E-state index is -0.200. The Labute approximate surface area is 132 Å². The van der Waals surface area contributed by atoms with E-state index in [9.17, 15) is 9.59 Å². The van der Waals surface area contributed by atoms with Gasteiger partial charge in [0.15, 0.2) is 5.13 Å². The molecule has 1 aromatic heterocycles. The molecular weight excluding hydrogens is 298 g/mol. The van der Waals surface area contributed by atoms with E-state index < -0.39 is 0 Å². The molecule has 0 bridgehead atoms. The van der Waals surface area contributed by atoms with E-state index in [1.807, 2.05) is 30.3 Å². The second kappa shape index (κ2) is 6.27. The van der Waals surface area contributed by atoms with Gasteiger partial charge in [-0.2, -0.15) is 0 Å². The highest BCUT2D eigenvalue weighted by Gasteiger charge is 2.33. The van der Waals surface area contributed by atoms with Crippen LogP contribution >= 0.6 is 11.3 Å². The van der Waals surface area contributed by atoms with E-state index in [4.69, 9.17) is 0 Å². The molecule has 0 radical (unpaired) electrons. The van der Waals surface area contributed by atoms with Crippen LogP contribution in [0.15, 0.2) is 35.7 Å². The highest BCUT2D eigenvalue weighted by atomic mass is 32.1. The highest BCUT2D eigenvalue weighted by Crippen LogP contribution is 2.41. The zero-order valence-electron chi connectivity index (χ0n) is 12.2. The van der Waals surface area contributed by atoms with Crippen molar-refractivity contribution in [2.75, 3.05) is 5.32 Å². The van der Waals surface area contributed by atoms with Gasteiger partial charge in [-0.05, 0) is 24.3 Å². The Balaban J connectivity index is 1.71. The SMILES string of the molecule is CC(=O)Nc1nc(C(=O)N[C@@H](c2ccccc2)C2CC2)cs1. The molecule has 0 saturated heterocycles. The maximum Gasteiger partial charge on any atom is 0.271 e. The number of rotatable bonds is 5. The van der Waals surface area contributed by atoms with Gasteiger partial charge in [-0.25, -0.2) is 4.98 Å². The molecule has 0 aliphatic heterocycles. The molecule has 0 spiro atoms. The fourth-order valence-corrected chi connectivity index (χ4v) is 3.10. The summed E-state index contributed by atoms with van der Waals surface area (Å²) in [5.74, 6) is 0.106. The first-order valence-corrected chi connectivity index (χ1v) is 8.10. The highest BCUT2D eigenvalue weighted by molar-refractivity contribution is 7.14. The summed E-state index contributed by atoms with van der Waals surface area (Å²) in [6.45, 7) is 1.42. The number of benzene rings is 1. The third kappa shape index (κ3) is 3.51. The minimum Gasteiger partial charge on any atom is -0.344 e. The number of nitrogens with one attached hydrogen (secondary N) is 2. The number of hydrogen-bond donors (Lipinski definition) is 2. The second-order valence-corrected chi connectivity index (χ2v) is 6.28. The molecule has 1 atom stereocenters. The summed E-state index contributed by atoms with van der Waals surface area (Å²) in [4.78, 5) is 27.5. The first-order valence-electron chi connectivity index (χ1n) is 7.22. The smallest absolute Gasteiger partial charge is 0.271 e. The third-order valence-electron chi connectivity index (χ3n) is 3.56. The van der Waals surface area contributed by atoms with E-state index in [0.29, 0.717) is 16.7 Å². The molecule has 22 heavy (non-hydrogen) atoms. The summed E-state index contributed by atoms with van der Waals surface area (Å²) in [5, 5.41) is 7.77. The zero-order chi connectivity index (χ0) is 15.5. The topological polar surface area (TPSA) is 71.1 Å². The molecule has 1 aliphatic carbocycles. The Morgan fingerprint density at radius 3 is 2.64 bits per heavy atom. The molecule has 3 rings (SSSR count). The Hall–Kier alpha value is -2.21. The normalized spacial score (nSPS) is 15.1. The third-order valence-corrected chi connectivity index (χ3v) is 4.32. The fourth-order valence-electron chi connectivity index (χ4n) is 2.36. The van der Waals surface area contributed by atoms with Gasteiger partial charge in [0.1, 0.15) is 5.69 Å². The second-order valence-electron chi connectivity index (χ2n) is 5.42. The lowest BCUT2D eigenvalue weighted by Crippen LogP contribution is -2.30. The maximum absolute atomic E-state index is 12.4. The van der Waals surface area contributed by atoms with Crippen molar-refractivity contribution in [2.24, 2.45) is 5.92 Å². The lowest BCUT2D eigenvalue weighted by molar-refractivity contribution is -0.114. The molecule has 1 fully saturated rings. The van der Waals surface area contributed by atoms with Gasteiger partial charge in [-0.15, -0.1) is 11.3 Å². The van der Waals surface area contributed by atoms with Gasteiger partial charge in [0.25, 0.3) is 5.91 Å². The van der Waals surface area contributed by atoms with E-state index in [-0.39, 0.29) is 17.9 Å². The molecule has 6 heteroatoms. The Bertz CT molecular complexity index is 680. The van der Waals surface area contributed by atoms with Crippen molar-refractivity contribution in [3.63, 3.8) is 0 Å². The van der Waals surface area contributed by atoms with Gasteiger partial charge in [0.05, 0.1) is 6.04 Å². The summed E-state index contributed by atoms with van der Waals surface area (Å²) in [6, 6.07) is 10.0. The van der Waals surface area contributed by atoms with Crippen LogP contribution in [0.3, 0.4) is 0 Å². The predicted octanol–water partition coefficient (Wildman–Crippen LogP) is 2.98. The van der Waals surface area contributed by atoms with Crippen molar-refractivity contribution in [1.29, 1.82) is 0 Å². The molecule has 5 nitrogen and oxygen atoms in total. The number of hydrogen-bond acceptors (Lipinski definition) is 4. The van der Waals surface area contributed by atoms with Gasteiger partial charge in [0, 0.05) is 12.3 Å². The number of carbonyl (C=O) groups excluding carboxylic acids is 2. The van der Waals surface area contributed by atoms with E-state index in [1.54, 1.807) is 5.38 Å². The molecule has 1 saturated carbocycles. The number of carbonyl (C=O) groups is 2. The van der Waals surface area contributed by atoms with Crippen LogP contribution in [0.25, 0.3) is 0 Å². The summed E-state index contributed by atoms with van der Waals surface area (Å²) < 4.78 is 0. The van der Waals surface area contributed by atoms with Crippen LogP contribution in [0, 0.1) is 5.92 Å². The van der Waals surface area contributed by atoms with Crippen LogP contribution in [0.4, 0.5) is 5.13 Å². The van der Waals surface area contributed by atoms with E-state index in [1.165, 1.54) is 18.3 Å². The van der Waals surface area contributed by atoms with Crippen molar-refractivity contribution in [1.82, 2.24) is 10.3 Å². The Morgan fingerprint density at radius 1 is 1.27 bits per heavy atom. The van der Waals surface area contributed by atoms with Crippen LogP contribution in [-0.4, -0.2) is 16.8 Å². The van der Waals surface area contributed by atoms with Gasteiger partial charge < -0.3 is 10.6 Å². The molecule has 1 aromatic carbocycles. The van der Waals surface area contributed by atoms with Gasteiger partial charge in [0.2, 0.25) is 5.91 Å². The zero-order valence-corrected chi connectivity index (χ0v) is 13.0. The first-order chi connectivity index (χ1) is 10.6. The van der Waals surface area contributed by atoms with E-state index in [2.05, 4.69) is 15.6 Å². The fraction of sp³-hybridized carbons (Fsp3) is 0.312. The quantitative estimate of drug-likeness (QED) is 0.891. The molecule has 1 heterocycles. The van der Waals surface area contributed by atoms with Crippen molar-refractivity contribution in [2.45, 2.75) is 25.8 Å². The summed E-state index contributed by atoms with van der Waals surface area (Å²) in [5.41, 5.74) is 1.46. The van der Waals surface area contributed by atoms with Crippen molar-refractivity contribution in [3.05, 3.63) is 47.0 Å². The van der Waals surface area contributed by atoms with Crippen molar-refractivity contribution < 1.29 is 9.59 Å². The first kappa shape index (κ1) is 14.7. The average Bonchev–Trinajstić information content (AvgIpc) is 3.24. The number of anilines is 1. The van der Waals surface area contributed by atoms with Crippen molar-refractivity contribution in [3.8, 4) is 0 Å². The molecule has 2 amide bonds. The van der Waals surface area contributed by atoms with Crippen LogP contribution in [0.1, 0.15) is 41.9 Å². The molecule has 114 valence electrons. The Kier molecular flexibility index (Phi) is 4.20. The lowest BCUT2D eigenvalue weighted by atomic mass is 10.0. The van der Waals surface area contributed by atoms with Gasteiger partial charge in [-0.1, -0.05) is 30.3 Å². The number of amides is 2. The molecular formula is C16H17N3O2S. The molecule has 2 aromatic rings. The molecule has 1 aliphatic rings. The summed E-state index contributed by atoms with van der Waals surface area (Å²) in [7, 11) is 0. The molecule has 2 N–H and O–H groups in total. The van der Waals surface area contributed by atoms with E-state index >= 15 is 0 Å². The van der Waals surface area contributed by atoms with Crippen LogP contribution in [0.2, 0.25) is 0 Å². The summed E-state index contributed by atoms with van der Waals surface area (Å²) in [6.07, 6.45) is 2.27. The predicted molar refractivity (Wildman–Crippen MR) is 85.8 cm³/mol. The lowest BCUT2D eigenvalue weighted by Gasteiger charge is -2.18. The largest absolute Gasteiger partial charge is 0.344 e. The number of aromatic nitrogens is 1. The standard InChI is InChI=1S/C16H17N3O2S/c1-10(20)17-16-18-13(9-22-16)15(21)19-14(12-7-8-12)11-5-3-2-4-6-11/h2-6,9,12,14H,7-8H2,1H3,(H,19,21)(H,17,18,20)/t14-/m0/s1. The van der Waals surface area contributed by atoms with Gasteiger partial charge in [-0.3, -0.25) is 9.59 Å². The number of thiazole rings is 1. The minimum absolute atomic E-state index is 0.0274. The van der Waals surface area contributed by atoms with Crippen LogP contribution in [-0.2, 0) is 4.79 Å². The van der Waals surface area contributed by atoms with Crippen LogP contribution in [0.5, 0.6) is 0 Å². The van der Waals surface area contributed by atoms with Crippen LogP contribution < -0.4 is 10.6 Å². The molecule has 0 unspecified atom stereocenters. The Morgan fingerprint density at radius 2 is 2.00 bits per heavy atom. The van der Waals surface area contributed by atoms with Gasteiger partial charge >= 0.3 is 0 Å². The summed E-state index contributed by atoms with van der Waals surface area (Å²) >= 11 is 1.25. The maximum atomic E-state index is 12.4. The monoisotopic (exact) mass is 315 g/mol.